The SMILES string of the molecule is CCNC(=NCC(C)(C)C(N)=O)NCCCOCC1CCOC1. The molecule has 7 heteroatoms. The number of nitrogens with zero attached hydrogens (tertiary/aromatic N) is 1. The smallest absolute Gasteiger partial charge is 0.224 e. The molecule has 0 saturated carbocycles. The van der Waals surface area contributed by atoms with E-state index in [-0.39, 0.29) is 5.91 Å². The van der Waals surface area contributed by atoms with Crippen molar-refractivity contribution in [1.29, 1.82) is 0 Å². The van der Waals surface area contributed by atoms with Crippen molar-refractivity contribution in [3.05, 3.63) is 0 Å². The Bertz CT molecular complexity index is 380. The first-order valence-corrected chi connectivity index (χ1v) is 8.43. The Morgan fingerprint density at radius 1 is 1.43 bits per heavy atom. The van der Waals surface area contributed by atoms with Crippen LogP contribution >= 0.6 is 0 Å². The van der Waals surface area contributed by atoms with Crippen LogP contribution in [0, 0.1) is 11.3 Å². The average molecular weight is 328 g/mol. The number of hydrogen-bond donors (Lipinski definition) is 3. The summed E-state index contributed by atoms with van der Waals surface area (Å²) in [4.78, 5) is 15.7. The molecule has 7 nitrogen and oxygen atoms in total. The average Bonchev–Trinajstić information content (AvgIpc) is 3.01. The van der Waals surface area contributed by atoms with Crippen molar-refractivity contribution in [2.24, 2.45) is 22.1 Å². The number of primary amides is 1. The molecule has 0 aromatic rings. The van der Waals surface area contributed by atoms with Gasteiger partial charge in [0, 0.05) is 32.2 Å². The third-order valence-corrected chi connectivity index (χ3v) is 3.78. The molecule has 134 valence electrons. The molecule has 1 amide bonds. The molecule has 1 unspecified atom stereocenters. The Labute approximate surface area is 139 Å². The highest BCUT2D eigenvalue weighted by Crippen LogP contribution is 2.14. The zero-order chi connectivity index (χ0) is 17.1. The van der Waals surface area contributed by atoms with Crippen LogP contribution in [0.2, 0.25) is 0 Å². The van der Waals surface area contributed by atoms with Gasteiger partial charge in [-0.1, -0.05) is 0 Å². The van der Waals surface area contributed by atoms with Crippen LogP contribution < -0.4 is 16.4 Å². The van der Waals surface area contributed by atoms with Gasteiger partial charge in [-0.05, 0) is 33.6 Å². The number of nitrogens with two attached hydrogens (primary N) is 1. The summed E-state index contributed by atoms with van der Waals surface area (Å²) in [5.74, 6) is 0.908. The van der Waals surface area contributed by atoms with Crippen molar-refractivity contribution in [3.63, 3.8) is 0 Å². The van der Waals surface area contributed by atoms with Crippen LogP contribution in [-0.4, -0.2) is 57.9 Å². The lowest BCUT2D eigenvalue weighted by Gasteiger charge is -2.19. The fourth-order valence-corrected chi connectivity index (χ4v) is 2.04. The minimum Gasteiger partial charge on any atom is -0.381 e. The normalized spacial score (nSPS) is 18.9. The minimum absolute atomic E-state index is 0.346. The highest BCUT2D eigenvalue weighted by molar-refractivity contribution is 5.82. The largest absolute Gasteiger partial charge is 0.381 e. The maximum absolute atomic E-state index is 11.3. The van der Waals surface area contributed by atoms with E-state index in [9.17, 15) is 4.79 Å². The molecule has 0 bridgehead atoms. The summed E-state index contributed by atoms with van der Waals surface area (Å²) in [6.07, 6.45) is 2.00. The lowest BCUT2D eigenvalue weighted by molar-refractivity contribution is -0.125. The second kappa shape index (κ2) is 10.4. The third kappa shape index (κ3) is 8.18. The van der Waals surface area contributed by atoms with Gasteiger partial charge in [0.15, 0.2) is 5.96 Å². The van der Waals surface area contributed by atoms with Crippen LogP contribution in [0.25, 0.3) is 0 Å². The zero-order valence-electron chi connectivity index (χ0n) is 14.7. The fraction of sp³-hybridized carbons (Fsp3) is 0.875. The van der Waals surface area contributed by atoms with Crippen molar-refractivity contribution >= 4 is 11.9 Å². The number of nitrogens with one attached hydrogen (secondary N) is 2. The van der Waals surface area contributed by atoms with Gasteiger partial charge < -0.3 is 25.8 Å². The number of guanidine groups is 1. The van der Waals surface area contributed by atoms with Crippen LogP contribution in [-0.2, 0) is 14.3 Å². The van der Waals surface area contributed by atoms with E-state index in [0.717, 1.165) is 52.4 Å². The number of carbonyl (C=O) groups is 1. The summed E-state index contributed by atoms with van der Waals surface area (Å²) in [6, 6.07) is 0. The van der Waals surface area contributed by atoms with Gasteiger partial charge in [0.1, 0.15) is 0 Å². The van der Waals surface area contributed by atoms with E-state index in [2.05, 4.69) is 15.6 Å². The Morgan fingerprint density at radius 2 is 2.22 bits per heavy atom. The van der Waals surface area contributed by atoms with Gasteiger partial charge in [0.2, 0.25) is 5.91 Å². The monoisotopic (exact) mass is 328 g/mol. The van der Waals surface area contributed by atoms with E-state index < -0.39 is 5.41 Å². The predicted octanol–water partition coefficient (Wildman–Crippen LogP) is 0.496. The molecule has 0 aromatic heterocycles. The fourth-order valence-electron chi connectivity index (χ4n) is 2.04. The summed E-state index contributed by atoms with van der Waals surface area (Å²) < 4.78 is 11.0. The lowest BCUT2D eigenvalue weighted by Crippen LogP contribution is -2.40. The second-order valence-electron chi connectivity index (χ2n) is 6.53. The summed E-state index contributed by atoms with van der Waals surface area (Å²) in [5, 5.41) is 6.40. The molecule has 1 aliphatic heterocycles. The predicted molar refractivity (Wildman–Crippen MR) is 91.3 cm³/mol. The number of amides is 1. The molecule has 0 aromatic carbocycles. The molecule has 4 N–H and O–H groups in total. The standard InChI is InChI=1S/C16H32N4O3/c1-4-18-15(20-12-16(2,3)14(17)21)19-7-5-8-22-10-13-6-9-23-11-13/h13H,4-12H2,1-3H3,(H2,17,21)(H2,18,19,20). The second-order valence-corrected chi connectivity index (χ2v) is 6.53. The first kappa shape index (κ1) is 19.7. The lowest BCUT2D eigenvalue weighted by atomic mass is 9.93. The molecule has 1 fully saturated rings. The number of carbonyl (C=O) groups excluding carboxylic acids is 1. The van der Waals surface area contributed by atoms with E-state index in [1.165, 1.54) is 0 Å². The first-order chi connectivity index (χ1) is 11.0. The van der Waals surface area contributed by atoms with Gasteiger partial charge in [0.05, 0.1) is 25.2 Å². The molecular weight excluding hydrogens is 296 g/mol. The molecule has 1 atom stereocenters. The van der Waals surface area contributed by atoms with Gasteiger partial charge >= 0.3 is 0 Å². The van der Waals surface area contributed by atoms with E-state index in [0.29, 0.717) is 18.4 Å². The molecule has 1 heterocycles. The van der Waals surface area contributed by atoms with Crippen molar-refractivity contribution in [2.75, 3.05) is 46.1 Å². The van der Waals surface area contributed by atoms with Gasteiger partial charge in [0.25, 0.3) is 0 Å². The molecule has 1 aliphatic rings. The maximum atomic E-state index is 11.3. The highest BCUT2D eigenvalue weighted by Gasteiger charge is 2.24. The molecular formula is C16H32N4O3. The Morgan fingerprint density at radius 3 is 2.83 bits per heavy atom. The van der Waals surface area contributed by atoms with E-state index >= 15 is 0 Å². The topological polar surface area (TPSA) is 98.0 Å². The highest BCUT2D eigenvalue weighted by atomic mass is 16.5. The Kier molecular flexibility index (Phi) is 8.94. The summed E-state index contributed by atoms with van der Waals surface area (Å²) >= 11 is 0. The molecule has 1 rings (SSSR count). The molecule has 23 heavy (non-hydrogen) atoms. The Balaban J connectivity index is 2.20. The van der Waals surface area contributed by atoms with Gasteiger partial charge in [-0.25, -0.2) is 0 Å². The maximum Gasteiger partial charge on any atom is 0.224 e. The minimum atomic E-state index is -0.644. The van der Waals surface area contributed by atoms with Crippen molar-refractivity contribution in [3.8, 4) is 0 Å². The van der Waals surface area contributed by atoms with E-state index in [1.54, 1.807) is 13.8 Å². The van der Waals surface area contributed by atoms with Crippen LogP contribution in [0.3, 0.4) is 0 Å². The van der Waals surface area contributed by atoms with Crippen molar-refractivity contribution < 1.29 is 14.3 Å². The molecule has 0 spiro atoms. The first-order valence-electron chi connectivity index (χ1n) is 8.43. The molecule has 1 saturated heterocycles. The van der Waals surface area contributed by atoms with Gasteiger partial charge in [-0.15, -0.1) is 0 Å². The van der Waals surface area contributed by atoms with E-state index in [4.69, 9.17) is 15.2 Å². The molecule has 0 radical (unpaired) electrons. The number of aliphatic imine (C=N–C) groups is 1. The van der Waals surface area contributed by atoms with Crippen molar-refractivity contribution in [1.82, 2.24) is 10.6 Å². The van der Waals surface area contributed by atoms with Crippen LogP contribution in [0.4, 0.5) is 0 Å². The van der Waals surface area contributed by atoms with Gasteiger partial charge in [-0.3, -0.25) is 9.79 Å². The van der Waals surface area contributed by atoms with Crippen LogP contribution in [0.1, 0.15) is 33.6 Å². The summed E-state index contributed by atoms with van der Waals surface area (Å²) in [7, 11) is 0. The Hall–Kier alpha value is -1.34. The number of hydrogen-bond acceptors (Lipinski definition) is 4. The van der Waals surface area contributed by atoms with Crippen molar-refractivity contribution in [2.45, 2.75) is 33.6 Å². The number of ether oxygens (including phenoxy) is 2. The van der Waals surface area contributed by atoms with Crippen LogP contribution in [0.5, 0.6) is 0 Å². The van der Waals surface area contributed by atoms with Gasteiger partial charge in [-0.2, -0.15) is 0 Å². The molecule has 0 aliphatic carbocycles. The van der Waals surface area contributed by atoms with E-state index in [1.807, 2.05) is 6.92 Å². The summed E-state index contributed by atoms with van der Waals surface area (Å²) in [6.45, 7) is 10.7. The van der Waals surface area contributed by atoms with Crippen LogP contribution in [0.15, 0.2) is 4.99 Å². The number of rotatable bonds is 10. The zero-order valence-corrected chi connectivity index (χ0v) is 14.7. The third-order valence-electron chi connectivity index (χ3n) is 3.78. The quantitative estimate of drug-likeness (QED) is 0.308. The summed E-state index contributed by atoms with van der Waals surface area (Å²) in [5.41, 5.74) is 4.72.